The maximum Gasteiger partial charge on any atom is 0.0621 e. The van der Waals surface area contributed by atoms with Crippen molar-refractivity contribution in [3.8, 4) is 0 Å². The van der Waals surface area contributed by atoms with Gasteiger partial charge >= 0.3 is 0 Å². The number of unbranched alkanes of at least 4 members (excludes halogenated alkanes) is 2. The first kappa shape index (κ1) is 16.9. The van der Waals surface area contributed by atoms with E-state index in [-0.39, 0.29) is 5.54 Å². The molecule has 1 atom stereocenters. The Balaban J connectivity index is 1.88. The van der Waals surface area contributed by atoms with Gasteiger partial charge in [0.05, 0.1) is 6.61 Å². The van der Waals surface area contributed by atoms with Crippen molar-refractivity contribution in [3.05, 3.63) is 0 Å². The lowest BCUT2D eigenvalue weighted by atomic mass is 10.0. The van der Waals surface area contributed by atoms with Crippen LogP contribution in [-0.2, 0) is 4.74 Å². The van der Waals surface area contributed by atoms with Crippen LogP contribution in [-0.4, -0.2) is 49.8 Å². The van der Waals surface area contributed by atoms with Crippen molar-refractivity contribution in [3.63, 3.8) is 0 Å². The van der Waals surface area contributed by atoms with Crippen molar-refractivity contribution in [1.29, 1.82) is 0 Å². The molecule has 1 unspecified atom stereocenters. The number of rotatable bonds is 8. The molecule has 1 aliphatic heterocycles. The Morgan fingerprint density at radius 3 is 2.63 bits per heavy atom. The molecule has 19 heavy (non-hydrogen) atoms. The van der Waals surface area contributed by atoms with Crippen LogP contribution in [0.2, 0.25) is 0 Å². The quantitative estimate of drug-likeness (QED) is 0.686. The van der Waals surface area contributed by atoms with Crippen LogP contribution in [0.3, 0.4) is 0 Å². The Morgan fingerprint density at radius 2 is 1.95 bits per heavy atom. The molecule has 1 fully saturated rings. The van der Waals surface area contributed by atoms with Gasteiger partial charge in [-0.1, -0.05) is 6.42 Å². The summed E-state index contributed by atoms with van der Waals surface area (Å²) in [6, 6.07) is 0.663. The van der Waals surface area contributed by atoms with E-state index in [4.69, 9.17) is 4.74 Å². The largest absolute Gasteiger partial charge is 0.380 e. The SMILES string of the molecule is CN1CCCCC1COCCCCCNC(C)(C)C. The predicted molar refractivity (Wildman–Crippen MR) is 82.7 cm³/mol. The molecule has 3 nitrogen and oxygen atoms in total. The molecule has 0 aliphatic carbocycles. The van der Waals surface area contributed by atoms with Crippen molar-refractivity contribution in [2.24, 2.45) is 0 Å². The summed E-state index contributed by atoms with van der Waals surface area (Å²) in [4.78, 5) is 2.46. The van der Waals surface area contributed by atoms with Crippen molar-refractivity contribution < 1.29 is 4.74 Å². The van der Waals surface area contributed by atoms with E-state index < -0.39 is 0 Å². The fraction of sp³-hybridized carbons (Fsp3) is 1.00. The number of piperidine rings is 1. The number of likely N-dealkylation sites (tertiary alicyclic amines) is 1. The molecule has 0 bridgehead atoms. The van der Waals surface area contributed by atoms with Crippen LogP contribution in [0.4, 0.5) is 0 Å². The molecule has 0 aromatic carbocycles. The maximum atomic E-state index is 5.83. The number of nitrogens with one attached hydrogen (secondary N) is 1. The van der Waals surface area contributed by atoms with Gasteiger partial charge in [0.15, 0.2) is 0 Å². The molecule has 1 heterocycles. The van der Waals surface area contributed by atoms with Gasteiger partial charge in [-0.2, -0.15) is 0 Å². The number of likely N-dealkylation sites (N-methyl/N-ethyl adjacent to an activating group) is 1. The number of hydrogen-bond donors (Lipinski definition) is 1. The minimum absolute atomic E-state index is 0.252. The van der Waals surface area contributed by atoms with Gasteiger partial charge in [0.1, 0.15) is 0 Å². The zero-order valence-electron chi connectivity index (χ0n) is 13.5. The lowest BCUT2D eigenvalue weighted by Crippen LogP contribution is -2.39. The summed E-state index contributed by atoms with van der Waals surface area (Å²) < 4.78 is 5.83. The van der Waals surface area contributed by atoms with Crippen LogP contribution in [0.1, 0.15) is 59.3 Å². The van der Waals surface area contributed by atoms with Crippen LogP contribution in [0.25, 0.3) is 0 Å². The first-order valence-electron chi connectivity index (χ1n) is 8.02. The number of nitrogens with zero attached hydrogens (tertiary/aromatic N) is 1. The van der Waals surface area contributed by atoms with Gasteiger partial charge in [-0.05, 0) is 73.0 Å². The molecule has 0 amide bonds. The molecular weight excluding hydrogens is 236 g/mol. The van der Waals surface area contributed by atoms with Crippen LogP contribution >= 0.6 is 0 Å². The van der Waals surface area contributed by atoms with Crippen LogP contribution in [0, 0.1) is 0 Å². The Labute approximate surface area is 120 Å². The van der Waals surface area contributed by atoms with Crippen LogP contribution in [0.5, 0.6) is 0 Å². The highest BCUT2D eigenvalue weighted by Gasteiger charge is 2.18. The Hall–Kier alpha value is -0.120. The lowest BCUT2D eigenvalue weighted by molar-refractivity contribution is 0.0512. The summed E-state index contributed by atoms with van der Waals surface area (Å²) in [6.45, 7) is 10.9. The smallest absolute Gasteiger partial charge is 0.0621 e. The summed E-state index contributed by atoms with van der Waals surface area (Å²) in [5.74, 6) is 0. The third kappa shape index (κ3) is 8.61. The number of ether oxygens (including phenoxy) is 1. The third-order valence-corrected chi connectivity index (χ3v) is 3.85. The van der Waals surface area contributed by atoms with Crippen molar-refractivity contribution in [2.75, 3.05) is 33.4 Å². The third-order valence-electron chi connectivity index (χ3n) is 3.85. The summed E-state index contributed by atoms with van der Waals surface area (Å²) in [6.07, 6.45) is 7.76. The van der Waals surface area contributed by atoms with E-state index in [0.29, 0.717) is 6.04 Å². The zero-order valence-corrected chi connectivity index (χ0v) is 13.5. The predicted octanol–water partition coefficient (Wildman–Crippen LogP) is 3.05. The second-order valence-corrected chi connectivity index (χ2v) is 6.94. The fourth-order valence-corrected chi connectivity index (χ4v) is 2.54. The van der Waals surface area contributed by atoms with Crippen molar-refractivity contribution in [2.45, 2.75) is 70.9 Å². The van der Waals surface area contributed by atoms with E-state index in [1.165, 1.54) is 45.1 Å². The van der Waals surface area contributed by atoms with E-state index in [1.807, 2.05) is 0 Å². The van der Waals surface area contributed by atoms with Crippen molar-refractivity contribution >= 4 is 0 Å². The molecule has 0 radical (unpaired) electrons. The minimum atomic E-state index is 0.252. The molecular formula is C16H34N2O. The van der Waals surface area contributed by atoms with Gasteiger partial charge < -0.3 is 15.0 Å². The van der Waals surface area contributed by atoms with Gasteiger partial charge in [0.2, 0.25) is 0 Å². The van der Waals surface area contributed by atoms with Crippen LogP contribution in [0.15, 0.2) is 0 Å². The molecule has 0 saturated carbocycles. The summed E-state index contributed by atoms with van der Waals surface area (Å²) >= 11 is 0. The second-order valence-electron chi connectivity index (χ2n) is 6.94. The topological polar surface area (TPSA) is 24.5 Å². The lowest BCUT2D eigenvalue weighted by Gasteiger charge is -2.32. The van der Waals surface area contributed by atoms with Gasteiger partial charge in [-0.15, -0.1) is 0 Å². The Bertz CT molecular complexity index is 225. The first-order valence-corrected chi connectivity index (χ1v) is 8.02. The van der Waals surface area contributed by atoms with Gasteiger partial charge in [0, 0.05) is 18.2 Å². The highest BCUT2D eigenvalue weighted by atomic mass is 16.5. The van der Waals surface area contributed by atoms with Crippen molar-refractivity contribution in [1.82, 2.24) is 10.2 Å². The molecule has 1 rings (SSSR count). The first-order chi connectivity index (χ1) is 8.99. The van der Waals surface area contributed by atoms with E-state index >= 15 is 0 Å². The molecule has 1 saturated heterocycles. The zero-order chi connectivity index (χ0) is 14.1. The highest BCUT2D eigenvalue weighted by Crippen LogP contribution is 2.15. The van der Waals surface area contributed by atoms with Gasteiger partial charge in [-0.25, -0.2) is 0 Å². The summed E-state index contributed by atoms with van der Waals surface area (Å²) in [5, 5.41) is 3.52. The van der Waals surface area contributed by atoms with Gasteiger partial charge in [-0.3, -0.25) is 0 Å². The number of hydrogen-bond acceptors (Lipinski definition) is 3. The minimum Gasteiger partial charge on any atom is -0.380 e. The Morgan fingerprint density at radius 1 is 1.16 bits per heavy atom. The molecule has 0 aromatic rings. The van der Waals surface area contributed by atoms with E-state index in [1.54, 1.807) is 0 Å². The fourth-order valence-electron chi connectivity index (χ4n) is 2.54. The maximum absolute atomic E-state index is 5.83. The molecule has 114 valence electrons. The average Bonchev–Trinajstić information content (AvgIpc) is 2.33. The Kier molecular flexibility index (Phi) is 7.96. The van der Waals surface area contributed by atoms with E-state index in [9.17, 15) is 0 Å². The summed E-state index contributed by atoms with van der Waals surface area (Å²) in [5.41, 5.74) is 0.252. The molecule has 1 aliphatic rings. The standard InChI is InChI=1S/C16H34N2O/c1-16(2,3)17-11-7-5-9-13-19-14-15-10-6-8-12-18(15)4/h15,17H,5-14H2,1-4H3. The van der Waals surface area contributed by atoms with Crippen LogP contribution < -0.4 is 5.32 Å². The molecule has 3 heteroatoms. The second kappa shape index (κ2) is 8.93. The monoisotopic (exact) mass is 270 g/mol. The average molecular weight is 270 g/mol. The normalized spacial score (nSPS) is 21.8. The molecule has 0 spiro atoms. The highest BCUT2D eigenvalue weighted by molar-refractivity contribution is 4.73. The molecule has 0 aromatic heterocycles. The summed E-state index contributed by atoms with van der Waals surface area (Å²) in [7, 11) is 2.23. The van der Waals surface area contributed by atoms with E-state index in [2.05, 4.69) is 38.0 Å². The van der Waals surface area contributed by atoms with Gasteiger partial charge in [0.25, 0.3) is 0 Å². The van der Waals surface area contributed by atoms with E-state index in [0.717, 1.165) is 19.8 Å². The molecule has 1 N–H and O–H groups in total.